The van der Waals surface area contributed by atoms with Crippen molar-refractivity contribution in [1.29, 1.82) is 0 Å². The van der Waals surface area contributed by atoms with Crippen LogP contribution in [-0.4, -0.2) is 61.6 Å². The summed E-state index contributed by atoms with van der Waals surface area (Å²) in [5, 5.41) is 9.96. The van der Waals surface area contributed by atoms with Crippen molar-refractivity contribution >= 4 is 10.0 Å². The molecule has 0 radical (unpaired) electrons. The molecular formula is C15H21FN2O3S. The molecule has 1 aromatic rings. The molecule has 0 bridgehead atoms. The molecule has 2 aliphatic rings. The molecule has 5 nitrogen and oxygen atoms in total. The van der Waals surface area contributed by atoms with E-state index in [2.05, 4.69) is 4.90 Å². The molecule has 1 aliphatic carbocycles. The fourth-order valence-corrected chi connectivity index (χ4v) is 4.22. The summed E-state index contributed by atoms with van der Waals surface area (Å²) in [7, 11) is -3.56. The Kier molecular flexibility index (Phi) is 4.49. The van der Waals surface area contributed by atoms with Crippen molar-refractivity contribution < 1.29 is 17.9 Å². The van der Waals surface area contributed by atoms with E-state index in [1.807, 2.05) is 0 Å². The quantitative estimate of drug-likeness (QED) is 0.872. The molecule has 1 saturated carbocycles. The Balaban J connectivity index is 1.59. The Hall–Kier alpha value is -1.02. The topological polar surface area (TPSA) is 60.9 Å². The molecule has 122 valence electrons. The van der Waals surface area contributed by atoms with E-state index in [0.717, 1.165) is 25.0 Å². The molecule has 2 fully saturated rings. The lowest BCUT2D eigenvalue weighted by molar-refractivity contribution is 0.0782. The molecule has 1 N–H and O–H groups in total. The van der Waals surface area contributed by atoms with Crippen molar-refractivity contribution in [2.75, 3.05) is 32.7 Å². The standard InChI is InChI=1S/C15H21FN2O3S/c16-13-3-5-14(6-4-13)22(20,21)18-9-7-17(8-10-18)11-15(19)12-1-2-12/h3-6,12,15,19H,1-2,7-11H2/t15-/m0/s1. The minimum absolute atomic E-state index is 0.125. The minimum atomic E-state index is -3.56. The summed E-state index contributed by atoms with van der Waals surface area (Å²) in [4.78, 5) is 2.24. The smallest absolute Gasteiger partial charge is 0.243 e. The van der Waals surface area contributed by atoms with E-state index in [1.54, 1.807) is 0 Å². The molecule has 1 aliphatic heterocycles. The van der Waals surface area contributed by atoms with E-state index in [-0.39, 0.29) is 11.0 Å². The predicted octanol–water partition coefficient (Wildman–Crippen LogP) is 0.903. The van der Waals surface area contributed by atoms with Crippen molar-refractivity contribution in [2.45, 2.75) is 23.8 Å². The summed E-state index contributed by atoms with van der Waals surface area (Å²) in [5.41, 5.74) is 0. The van der Waals surface area contributed by atoms with Crippen LogP contribution in [0.15, 0.2) is 29.2 Å². The summed E-state index contributed by atoms with van der Waals surface area (Å²) in [6, 6.07) is 4.92. The first-order chi connectivity index (χ1) is 10.5. The molecule has 0 unspecified atom stereocenters. The third kappa shape index (κ3) is 3.48. The Morgan fingerprint density at radius 3 is 2.27 bits per heavy atom. The summed E-state index contributed by atoms with van der Waals surface area (Å²) in [6.45, 7) is 2.65. The van der Waals surface area contributed by atoms with E-state index in [0.29, 0.717) is 38.6 Å². The second kappa shape index (κ2) is 6.23. The van der Waals surface area contributed by atoms with Gasteiger partial charge in [-0.3, -0.25) is 4.90 Å². The summed E-state index contributed by atoms with van der Waals surface area (Å²) >= 11 is 0. The van der Waals surface area contributed by atoms with Gasteiger partial charge in [0, 0.05) is 32.7 Å². The first-order valence-corrected chi connectivity index (χ1v) is 9.07. The van der Waals surface area contributed by atoms with Gasteiger partial charge in [0.25, 0.3) is 0 Å². The number of rotatable bonds is 5. The Bertz CT molecular complexity index is 608. The highest BCUT2D eigenvalue weighted by Crippen LogP contribution is 2.33. The van der Waals surface area contributed by atoms with Gasteiger partial charge in [-0.05, 0) is 43.0 Å². The highest BCUT2D eigenvalue weighted by molar-refractivity contribution is 7.89. The lowest BCUT2D eigenvalue weighted by atomic mass is 10.2. The molecule has 1 aromatic carbocycles. The fourth-order valence-electron chi connectivity index (χ4n) is 2.80. The number of aliphatic hydroxyl groups excluding tert-OH is 1. The average Bonchev–Trinajstić information content (AvgIpc) is 3.33. The molecule has 1 atom stereocenters. The first kappa shape index (κ1) is 15.9. The second-order valence-corrected chi connectivity index (χ2v) is 8.00. The van der Waals surface area contributed by atoms with Gasteiger partial charge >= 0.3 is 0 Å². The largest absolute Gasteiger partial charge is 0.392 e. The van der Waals surface area contributed by atoms with E-state index in [4.69, 9.17) is 0 Å². The highest BCUT2D eigenvalue weighted by Gasteiger charge is 2.33. The number of sulfonamides is 1. The number of β-amino-alcohol motifs (C(OH)–C–C–N with tert-alkyl or cyclic N) is 1. The van der Waals surface area contributed by atoms with Crippen LogP contribution in [0.5, 0.6) is 0 Å². The molecule has 0 amide bonds. The second-order valence-electron chi connectivity index (χ2n) is 6.06. The van der Waals surface area contributed by atoms with Gasteiger partial charge in [-0.1, -0.05) is 0 Å². The summed E-state index contributed by atoms with van der Waals surface area (Å²) in [6.07, 6.45) is 1.90. The van der Waals surface area contributed by atoms with Crippen LogP contribution in [0.3, 0.4) is 0 Å². The SMILES string of the molecule is O=S(=O)(c1ccc(F)cc1)N1CCN(C[C@H](O)C2CC2)CC1. The Morgan fingerprint density at radius 2 is 1.73 bits per heavy atom. The summed E-state index contributed by atoms with van der Waals surface area (Å²) in [5.74, 6) is -0.0150. The average molecular weight is 328 g/mol. The van der Waals surface area contributed by atoms with Gasteiger partial charge in [-0.25, -0.2) is 12.8 Å². The van der Waals surface area contributed by atoms with Crippen molar-refractivity contribution in [3.63, 3.8) is 0 Å². The van der Waals surface area contributed by atoms with Crippen molar-refractivity contribution in [3.05, 3.63) is 30.1 Å². The zero-order valence-corrected chi connectivity index (χ0v) is 13.2. The molecule has 0 aromatic heterocycles. The lowest BCUT2D eigenvalue weighted by Gasteiger charge is -2.34. The maximum Gasteiger partial charge on any atom is 0.243 e. The normalized spacial score (nSPS) is 22.6. The monoisotopic (exact) mass is 328 g/mol. The number of hydrogen-bond donors (Lipinski definition) is 1. The van der Waals surface area contributed by atoms with Crippen LogP contribution in [0.2, 0.25) is 0 Å². The third-order valence-electron chi connectivity index (χ3n) is 4.39. The number of piperazine rings is 1. The molecule has 3 rings (SSSR count). The molecule has 1 saturated heterocycles. The van der Waals surface area contributed by atoms with Crippen LogP contribution in [0.25, 0.3) is 0 Å². The maximum absolute atomic E-state index is 12.9. The van der Waals surface area contributed by atoms with Crippen molar-refractivity contribution in [3.8, 4) is 0 Å². The van der Waals surface area contributed by atoms with E-state index < -0.39 is 15.8 Å². The number of aliphatic hydroxyl groups is 1. The van der Waals surface area contributed by atoms with Crippen LogP contribution in [-0.2, 0) is 10.0 Å². The number of halogens is 1. The van der Waals surface area contributed by atoms with Crippen molar-refractivity contribution in [2.24, 2.45) is 5.92 Å². The van der Waals surface area contributed by atoms with Crippen LogP contribution in [0.4, 0.5) is 4.39 Å². The van der Waals surface area contributed by atoms with Crippen molar-refractivity contribution in [1.82, 2.24) is 9.21 Å². The molecule has 0 spiro atoms. The van der Waals surface area contributed by atoms with Gasteiger partial charge in [-0.2, -0.15) is 4.31 Å². The number of benzene rings is 1. The van der Waals surface area contributed by atoms with Gasteiger partial charge in [0.15, 0.2) is 0 Å². The van der Waals surface area contributed by atoms with Gasteiger partial charge in [0.2, 0.25) is 10.0 Å². The molecule has 22 heavy (non-hydrogen) atoms. The molecule has 7 heteroatoms. The molecular weight excluding hydrogens is 307 g/mol. The summed E-state index contributed by atoms with van der Waals surface area (Å²) < 4.78 is 39.3. The zero-order valence-electron chi connectivity index (χ0n) is 12.4. The highest BCUT2D eigenvalue weighted by atomic mass is 32.2. The van der Waals surface area contributed by atoms with Crippen LogP contribution in [0.1, 0.15) is 12.8 Å². The van der Waals surface area contributed by atoms with E-state index in [1.165, 1.54) is 16.4 Å². The minimum Gasteiger partial charge on any atom is -0.392 e. The van der Waals surface area contributed by atoms with E-state index in [9.17, 15) is 17.9 Å². The number of hydrogen-bond acceptors (Lipinski definition) is 4. The Morgan fingerprint density at radius 1 is 1.14 bits per heavy atom. The van der Waals surface area contributed by atoms with Gasteiger partial charge < -0.3 is 5.11 Å². The van der Waals surface area contributed by atoms with Gasteiger partial charge in [-0.15, -0.1) is 0 Å². The van der Waals surface area contributed by atoms with E-state index >= 15 is 0 Å². The van der Waals surface area contributed by atoms with Crippen LogP contribution in [0, 0.1) is 11.7 Å². The van der Waals surface area contributed by atoms with Crippen LogP contribution >= 0.6 is 0 Å². The van der Waals surface area contributed by atoms with Crippen LogP contribution < -0.4 is 0 Å². The van der Waals surface area contributed by atoms with Gasteiger partial charge in [0.05, 0.1) is 11.0 Å². The number of nitrogens with zero attached hydrogens (tertiary/aromatic N) is 2. The molecule has 1 heterocycles. The lowest BCUT2D eigenvalue weighted by Crippen LogP contribution is -2.50. The first-order valence-electron chi connectivity index (χ1n) is 7.63. The third-order valence-corrected chi connectivity index (χ3v) is 6.31. The Labute approximate surface area is 130 Å². The van der Waals surface area contributed by atoms with Gasteiger partial charge in [0.1, 0.15) is 5.82 Å². The predicted molar refractivity (Wildman–Crippen MR) is 80.3 cm³/mol. The fraction of sp³-hybridized carbons (Fsp3) is 0.600. The zero-order chi connectivity index (χ0) is 15.7. The maximum atomic E-state index is 12.9.